The monoisotopic (exact) mass is 1500 g/mol. The number of ether oxygens (including phenoxy) is 1. The van der Waals surface area contributed by atoms with E-state index in [9.17, 15) is 96.4 Å². The largest absolute Gasteiger partial charge is 0.497 e. The number of aliphatic hydroxyl groups is 1. The summed E-state index contributed by atoms with van der Waals surface area (Å²) in [5.74, 6) is -11.1. The van der Waals surface area contributed by atoms with Crippen molar-refractivity contribution in [3.8, 4) is 5.75 Å². The number of guanidine groups is 1. The number of aliphatic carboxylic acids is 2. The Bertz CT molecular complexity index is 4130. The Morgan fingerprint density at radius 3 is 1.83 bits per heavy atom. The lowest BCUT2D eigenvalue weighted by Crippen LogP contribution is -2.59. The highest BCUT2D eigenvalue weighted by atomic mass is 19.4. The number of aliphatic imine (C=N–C) groups is 1. The van der Waals surface area contributed by atoms with Crippen molar-refractivity contribution < 1.29 is 100 Å². The minimum Gasteiger partial charge on any atom is -0.497 e. The number of non-ortho nitro benzene ring substituents is 1. The van der Waals surface area contributed by atoms with Gasteiger partial charge in [-0.3, -0.25) is 68.4 Å². The molecule has 36 nitrogen and oxygen atoms in total. The van der Waals surface area contributed by atoms with E-state index in [0.717, 1.165) is 12.1 Å². The first-order chi connectivity index (χ1) is 50.8. The van der Waals surface area contributed by atoms with E-state index in [2.05, 4.69) is 47.5 Å². The van der Waals surface area contributed by atoms with E-state index in [1.807, 2.05) is 0 Å². The summed E-state index contributed by atoms with van der Waals surface area (Å²) in [5.41, 5.74) is 10.9. The van der Waals surface area contributed by atoms with Crippen molar-refractivity contribution >= 4 is 99.1 Å². The van der Waals surface area contributed by atoms with Gasteiger partial charge in [0.1, 0.15) is 65.4 Å². The zero-order valence-corrected chi connectivity index (χ0v) is 57.9. The van der Waals surface area contributed by atoms with Gasteiger partial charge in [0.2, 0.25) is 53.2 Å². The van der Waals surface area contributed by atoms with Crippen LogP contribution in [0.5, 0.6) is 5.75 Å². The summed E-state index contributed by atoms with van der Waals surface area (Å²) in [4.78, 5) is 188. The molecule has 0 unspecified atom stereocenters. The number of fused-ring (bicyclic) bond motifs is 1. The average molecular weight is 1500 g/mol. The number of likely N-dealkylation sites (tertiary alicyclic amines) is 2. The predicted octanol–water partition coefficient (Wildman–Crippen LogP) is 0.719. The lowest BCUT2D eigenvalue weighted by atomic mass is 10.0. The maximum atomic E-state index is 14.5. The van der Waals surface area contributed by atoms with Crippen LogP contribution in [0.25, 0.3) is 11.0 Å². The summed E-state index contributed by atoms with van der Waals surface area (Å²) < 4.78 is 42.3. The van der Waals surface area contributed by atoms with Crippen molar-refractivity contribution in [2.75, 3.05) is 51.8 Å². The van der Waals surface area contributed by atoms with Crippen LogP contribution in [-0.4, -0.2) is 207 Å². The number of amides is 9. The molecule has 0 radical (unpaired) electrons. The molecule has 0 bridgehead atoms. The number of nitro groups is 2. The molecule has 4 aromatic carbocycles. The molecule has 8 atom stereocenters. The lowest BCUT2D eigenvalue weighted by molar-refractivity contribution is -0.393. The molecule has 5 aromatic rings. The third-order valence-electron chi connectivity index (χ3n) is 16.9. The first-order valence-electron chi connectivity index (χ1n) is 33.5. The van der Waals surface area contributed by atoms with Gasteiger partial charge in [-0.15, -0.1) is 0 Å². The van der Waals surface area contributed by atoms with Gasteiger partial charge in [0.15, 0.2) is 5.96 Å². The number of unbranched alkanes of at least 4 members (excludes halogenated alkanes) is 1. The third kappa shape index (κ3) is 25.5. The SMILES string of the molecule is COc1ccc2c(CC(=O)N[C@@H](CCCN=C(N)N)C(=O)N3CCC[C@H]3C(=O)N3CCC[C@H]3C(=O)NCC(=O)N[C@@H](Cc3ccccc3)C(=O)N[C@@H](CO)C(=O)N[C@@H](C)C(=O)N[C@@H](Cc3ccccc3)C(=O)N[C@@H](CCCCNc3ccc([N+](=O)[O-])cc3[N+](=O)[O-])C(=O)O)cc(=O)oc2c1.O=C(O)C(F)(F)F. The summed E-state index contributed by atoms with van der Waals surface area (Å²) in [6, 6.07) is 15.0. The number of benzene rings is 4. The Labute approximate surface area is 607 Å². The Balaban J connectivity index is 0.00000243. The number of aliphatic hydroxyl groups excluding tert-OH is 1. The highest BCUT2D eigenvalue weighted by Crippen LogP contribution is 2.30. The minimum atomic E-state index is -5.08. The van der Waals surface area contributed by atoms with Crippen LogP contribution < -0.4 is 64.4 Å². The number of hydrogen-bond donors (Lipinski definition) is 13. The Morgan fingerprint density at radius 1 is 0.682 bits per heavy atom. The number of halogens is 3. The number of nitrogens with two attached hydrogens (primary N) is 2. The van der Waals surface area contributed by atoms with Gasteiger partial charge >= 0.3 is 23.7 Å². The second-order valence-electron chi connectivity index (χ2n) is 24.7. The topological polar surface area (TPSA) is 541 Å². The number of carboxylic acids is 2. The molecule has 9 amide bonds. The van der Waals surface area contributed by atoms with Gasteiger partial charge in [-0.25, -0.2) is 14.4 Å². The second-order valence-corrected chi connectivity index (χ2v) is 24.7. The fraction of sp³-hybridized carbons (Fsp3) is 0.426. The highest BCUT2D eigenvalue weighted by Gasteiger charge is 2.44. The fourth-order valence-corrected chi connectivity index (χ4v) is 11.6. The Hall–Kier alpha value is -12.3. The van der Waals surface area contributed by atoms with Crippen molar-refractivity contribution in [3.05, 3.63) is 150 Å². The molecule has 7 rings (SSSR count). The summed E-state index contributed by atoms with van der Waals surface area (Å²) >= 11 is 0. The highest BCUT2D eigenvalue weighted by molar-refractivity contribution is 5.99. The van der Waals surface area contributed by atoms with Crippen molar-refractivity contribution in [2.45, 2.75) is 138 Å². The number of carboxylic acid groups (broad SMARTS) is 2. The zero-order chi connectivity index (χ0) is 78.7. The fourth-order valence-electron chi connectivity index (χ4n) is 11.6. The quantitative estimate of drug-likeness (QED) is 0.00656. The van der Waals surface area contributed by atoms with Gasteiger partial charge in [0.25, 0.3) is 11.4 Å². The number of nitrogens with zero attached hydrogens (tertiary/aromatic N) is 5. The number of methoxy groups -OCH3 is 1. The number of carbonyl (C=O) groups is 11. The number of anilines is 1. The van der Waals surface area contributed by atoms with Crippen LogP contribution in [0.15, 0.2) is 117 Å². The maximum Gasteiger partial charge on any atom is 0.490 e. The van der Waals surface area contributed by atoms with Crippen LogP contribution in [0.3, 0.4) is 0 Å². The number of nitro benzene ring substituents is 2. The van der Waals surface area contributed by atoms with Crippen LogP contribution in [0.4, 0.5) is 30.2 Å². The van der Waals surface area contributed by atoms with Crippen LogP contribution in [0, 0.1) is 20.2 Å². The molecule has 1 aromatic heterocycles. The molecule has 107 heavy (non-hydrogen) atoms. The third-order valence-corrected chi connectivity index (χ3v) is 16.9. The van der Waals surface area contributed by atoms with Crippen molar-refractivity contribution in [1.82, 2.24) is 47.0 Å². The van der Waals surface area contributed by atoms with E-state index < -0.39 is 160 Å². The number of rotatable bonds is 36. The van der Waals surface area contributed by atoms with Gasteiger partial charge in [0, 0.05) is 62.6 Å². The van der Waals surface area contributed by atoms with Gasteiger partial charge in [-0.2, -0.15) is 13.2 Å². The number of nitrogens with one attached hydrogen (secondary N) is 8. The van der Waals surface area contributed by atoms with Gasteiger partial charge in [-0.1, -0.05) is 60.7 Å². The van der Waals surface area contributed by atoms with E-state index >= 15 is 0 Å². The standard InChI is InChI=1S/C66H81N15O19.C2HF3O2/c1-38(58(86)76-49(31-40-16-7-4-8-17-40)60(88)75-47(65(93)94)18-9-10-26-69-45-25-22-42(80(95)96)34-53(45)81(97)98)72-61(89)50(37-82)77-59(87)48(30-39-14-5-3-6-15-39)74-56(84)36-71-62(90)51-20-12-28-78(51)64(92)52-21-13-29-79(52)63(91)46(19-11-27-70-66(67)68)73-55(83)32-41-33-57(85)100-54-35-43(99-2)23-24-44(41)54;3-2(4,5)1(6)7/h3-8,14-17,22-25,33-35,38,46-52,69,82H,9-13,18-21,26-32,36-37H2,1-2H3,(H,71,90)(H,72,89)(H,73,83)(H,74,84)(H,75,88)(H,76,86)(H,77,87)(H,93,94)(H4,67,68,70);(H,6,7)/t38-,46-,47-,48-,49-,50-,51-,52-;/m0./s1. The number of hydrogen-bond acceptors (Lipinski definition) is 21. The molecule has 15 N–H and O–H groups in total. The summed E-state index contributed by atoms with van der Waals surface area (Å²) in [6.45, 7) is 0.0260. The number of carbonyl (C=O) groups excluding carboxylic acids is 9. The molecule has 0 spiro atoms. The number of alkyl halides is 3. The molecule has 2 aliphatic rings. The van der Waals surface area contributed by atoms with Crippen LogP contribution in [0.1, 0.15) is 81.4 Å². The van der Waals surface area contributed by atoms with Crippen LogP contribution >= 0.6 is 0 Å². The van der Waals surface area contributed by atoms with Crippen LogP contribution in [-0.2, 0) is 72.0 Å². The molecule has 576 valence electrons. The molecule has 2 saturated heterocycles. The van der Waals surface area contributed by atoms with Gasteiger partial charge in [-0.05, 0) is 99.6 Å². The first kappa shape index (κ1) is 83.6. The minimum absolute atomic E-state index is 0.000405. The summed E-state index contributed by atoms with van der Waals surface area (Å²) in [5, 5.41) is 71.3. The van der Waals surface area contributed by atoms with E-state index in [4.69, 9.17) is 30.5 Å². The molecule has 39 heteroatoms. The van der Waals surface area contributed by atoms with Crippen LogP contribution in [0.2, 0.25) is 0 Å². The lowest BCUT2D eigenvalue weighted by Gasteiger charge is -2.33. The molecule has 3 heterocycles. The first-order valence-corrected chi connectivity index (χ1v) is 33.5. The molecule has 2 aliphatic heterocycles. The van der Waals surface area contributed by atoms with Crippen molar-refractivity contribution in [3.63, 3.8) is 0 Å². The summed E-state index contributed by atoms with van der Waals surface area (Å²) in [6.07, 6.45) is -3.88. The predicted molar refractivity (Wildman–Crippen MR) is 373 cm³/mol. The van der Waals surface area contributed by atoms with Crippen molar-refractivity contribution in [1.29, 1.82) is 0 Å². The second kappa shape index (κ2) is 40.1. The van der Waals surface area contributed by atoms with Crippen molar-refractivity contribution in [2.24, 2.45) is 16.5 Å². The molecule has 0 saturated carbocycles. The smallest absolute Gasteiger partial charge is 0.490 e. The Kier molecular flexibility index (Phi) is 31.3. The van der Waals surface area contributed by atoms with E-state index in [1.54, 1.807) is 72.8 Å². The van der Waals surface area contributed by atoms with E-state index in [-0.39, 0.29) is 108 Å². The molecule has 2 fully saturated rings. The van der Waals surface area contributed by atoms with E-state index in [0.29, 0.717) is 40.7 Å². The normalized spacial score (nSPS) is 15.5. The van der Waals surface area contributed by atoms with E-state index in [1.165, 1.54) is 42.0 Å². The molecular weight excluding hydrogens is 1420 g/mol. The molecule has 0 aliphatic carbocycles. The zero-order valence-electron chi connectivity index (χ0n) is 57.9. The maximum absolute atomic E-state index is 14.5. The molecular formula is C68H82F3N15O21. The van der Waals surface area contributed by atoms with Gasteiger partial charge < -0.3 is 88.3 Å². The average Bonchev–Trinajstić information content (AvgIpc) is 1.65. The Morgan fingerprint density at radius 2 is 1.25 bits per heavy atom. The van der Waals surface area contributed by atoms with Gasteiger partial charge in [0.05, 0.1) is 42.6 Å². The summed E-state index contributed by atoms with van der Waals surface area (Å²) in [7, 11) is 1.44.